The molecule has 1 aliphatic heterocycles. The highest BCUT2D eigenvalue weighted by atomic mass is 35.5. The molecule has 3 aromatic carbocycles. The summed E-state index contributed by atoms with van der Waals surface area (Å²) in [4.78, 5) is 2.33. The molecule has 2 heterocycles. The van der Waals surface area contributed by atoms with Crippen LogP contribution in [0.1, 0.15) is 0 Å². The Labute approximate surface area is 214 Å². The fourth-order valence-corrected chi connectivity index (χ4v) is 6.02. The largest absolute Gasteiger partial charge is 0.352 e. The molecule has 4 aromatic rings. The molecule has 0 N–H and O–H groups in total. The van der Waals surface area contributed by atoms with Gasteiger partial charge in [0, 0.05) is 36.8 Å². The Kier molecular flexibility index (Phi) is 6.75. The van der Waals surface area contributed by atoms with Gasteiger partial charge in [0.25, 0.3) is 0 Å². The van der Waals surface area contributed by atoms with Crippen molar-refractivity contribution in [1.82, 2.24) is 14.5 Å². The van der Waals surface area contributed by atoms with Crippen molar-refractivity contribution in [3.63, 3.8) is 0 Å². The second-order valence-corrected chi connectivity index (χ2v) is 11.0. The predicted molar refractivity (Wildman–Crippen MR) is 140 cm³/mol. The molecule has 178 valence electrons. The maximum Gasteiger partial charge on any atom is 0.243 e. The van der Waals surface area contributed by atoms with E-state index in [1.165, 1.54) is 4.31 Å². The van der Waals surface area contributed by atoms with Crippen molar-refractivity contribution in [3.8, 4) is 22.4 Å². The molecule has 0 radical (unpaired) electrons. The van der Waals surface area contributed by atoms with E-state index < -0.39 is 10.0 Å². The third-order valence-corrected chi connectivity index (χ3v) is 8.48. The van der Waals surface area contributed by atoms with Crippen LogP contribution in [-0.4, -0.2) is 49.1 Å². The van der Waals surface area contributed by atoms with Crippen LogP contribution in [0.3, 0.4) is 0 Å². The van der Waals surface area contributed by atoms with E-state index in [4.69, 9.17) is 23.2 Å². The Bertz CT molecular complexity index is 1420. The number of benzene rings is 3. The number of hydrogen-bond donors (Lipinski definition) is 0. The number of halogens is 2. The molecule has 0 amide bonds. The summed E-state index contributed by atoms with van der Waals surface area (Å²) in [7, 11) is -3.57. The second-order valence-electron chi connectivity index (χ2n) is 8.18. The van der Waals surface area contributed by atoms with Gasteiger partial charge in [0.1, 0.15) is 0 Å². The van der Waals surface area contributed by atoms with Gasteiger partial charge in [-0.3, -0.25) is 0 Å². The number of sulfonamides is 1. The van der Waals surface area contributed by atoms with E-state index in [1.54, 1.807) is 24.3 Å². The first-order chi connectivity index (χ1) is 16.9. The molecule has 5 rings (SSSR count). The molecule has 0 aliphatic carbocycles. The number of aromatic nitrogens is 2. The second kappa shape index (κ2) is 9.95. The Morgan fingerprint density at radius 3 is 2.03 bits per heavy atom. The van der Waals surface area contributed by atoms with E-state index in [0.29, 0.717) is 52.6 Å². The number of piperazine rings is 1. The molecular formula is C26H22Cl2N4O2S. The third-order valence-electron chi connectivity index (χ3n) is 6.02. The summed E-state index contributed by atoms with van der Waals surface area (Å²) in [6, 6.07) is 25.9. The number of hydrogen-bond acceptors (Lipinski definition) is 5. The van der Waals surface area contributed by atoms with Gasteiger partial charge >= 0.3 is 0 Å². The molecule has 1 aromatic heterocycles. The fraction of sp³-hybridized carbons (Fsp3) is 0.154. The molecule has 1 aliphatic rings. The Morgan fingerprint density at radius 1 is 0.714 bits per heavy atom. The van der Waals surface area contributed by atoms with Crippen LogP contribution in [-0.2, 0) is 10.0 Å². The number of anilines is 1. The van der Waals surface area contributed by atoms with Crippen LogP contribution in [0.5, 0.6) is 0 Å². The normalized spacial score (nSPS) is 14.7. The van der Waals surface area contributed by atoms with Crippen molar-refractivity contribution in [2.24, 2.45) is 0 Å². The van der Waals surface area contributed by atoms with Gasteiger partial charge in [-0.15, -0.1) is 10.2 Å². The van der Waals surface area contributed by atoms with E-state index in [-0.39, 0.29) is 0 Å². The minimum Gasteiger partial charge on any atom is -0.352 e. The van der Waals surface area contributed by atoms with Crippen LogP contribution in [0.2, 0.25) is 10.0 Å². The van der Waals surface area contributed by atoms with E-state index in [2.05, 4.69) is 10.2 Å². The number of nitrogens with zero attached hydrogens (tertiary/aromatic N) is 4. The highest BCUT2D eigenvalue weighted by Gasteiger charge is 2.29. The lowest BCUT2D eigenvalue weighted by atomic mass is 10.1. The van der Waals surface area contributed by atoms with Gasteiger partial charge in [-0.1, -0.05) is 65.7 Å². The maximum atomic E-state index is 13.2. The molecule has 0 atom stereocenters. The lowest BCUT2D eigenvalue weighted by Gasteiger charge is -2.34. The monoisotopic (exact) mass is 524 g/mol. The number of rotatable bonds is 5. The molecule has 1 fully saturated rings. The Hall–Kier alpha value is -2.97. The van der Waals surface area contributed by atoms with E-state index >= 15 is 0 Å². The highest BCUT2D eigenvalue weighted by molar-refractivity contribution is 7.89. The Morgan fingerprint density at radius 2 is 1.40 bits per heavy atom. The van der Waals surface area contributed by atoms with Gasteiger partial charge in [-0.25, -0.2) is 8.42 Å². The molecule has 6 nitrogen and oxygen atoms in total. The van der Waals surface area contributed by atoms with Crippen molar-refractivity contribution in [2.75, 3.05) is 31.1 Å². The van der Waals surface area contributed by atoms with Crippen molar-refractivity contribution in [1.29, 1.82) is 0 Å². The van der Waals surface area contributed by atoms with E-state index in [9.17, 15) is 8.42 Å². The minimum atomic E-state index is -3.57. The van der Waals surface area contributed by atoms with Gasteiger partial charge in [-0.05, 0) is 53.6 Å². The summed E-state index contributed by atoms with van der Waals surface area (Å²) < 4.78 is 27.9. The van der Waals surface area contributed by atoms with E-state index in [0.717, 1.165) is 16.7 Å². The van der Waals surface area contributed by atoms with Crippen molar-refractivity contribution in [3.05, 3.63) is 95.0 Å². The lowest BCUT2D eigenvalue weighted by molar-refractivity contribution is 0.383. The minimum absolute atomic E-state index is 0.301. The molecule has 1 saturated heterocycles. The Balaban J connectivity index is 1.25. The van der Waals surface area contributed by atoms with Crippen molar-refractivity contribution >= 4 is 39.0 Å². The highest BCUT2D eigenvalue weighted by Crippen LogP contribution is 2.30. The van der Waals surface area contributed by atoms with Crippen molar-refractivity contribution < 1.29 is 8.42 Å². The quantitative estimate of drug-likeness (QED) is 0.338. The zero-order chi connectivity index (χ0) is 24.4. The molecule has 0 bridgehead atoms. The van der Waals surface area contributed by atoms with E-state index in [1.807, 2.05) is 65.6 Å². The van der Waals surface area contributed by atoms with Crippen LogP contribution >= 0.6 is 23.2 Å². The zero-order valence-corrected chi connectivity index (χ0v) is 21.0. The topological polar surface area (TPSA) is 66.4 Å². The first-order valence-corrected chi connectivity index (χ1v) is 13.3. The molecule has 9 heteroatoms. The summed E-state index contributed by atoms with van der Waals surface area (Å²) in [5.41, 5.74) is 3.44. The van der Waals surface area contributed by atoms with Gasteiger partial charge in [-0.2, -0.15) is 4.31 Å². The average molecular weight is 525 g/mol. The SMILES string of the molecule is O=S(=O)(c1ccc(-c2ccccc2)cc1)N1CCN(c2ccc(-c3ccc(Cl)cc3Cl)nn2)CC1. The summed E-state index contributed by atoms with van der Waals surface area (Å²) in [5, 5.41) is 9.72. The fourth-order valence-electron chi connectivity index (χ4n) is 4.09. The first-order valence-electron chi connectivity index (χ1n) is 11.1. The smallest absolute Gasteiger partial charge is 0.243 e. The molecule has 0 unspecified atom stereocenters. The van der Waals surface area contributed by atoms with Crippen LogP contribution in [0.15, 0.2) is 89.8 Å². The molecular weight excluding hydrogens is 503 g/mol. The molecule has 0 saturated carbocycles. The van der Waals surface area contributed by atoms with Gasteiger partial charge in [0.15, 0.2) is 5.82 Å². The summed E-state index contributed by atoms with van der Waals surface area (Å²) in [5.74, 6) is 0.697. The van der Waals surface area contributed by atoms with Gasteiger partial charge in [0.05, 0.1) is 15.6 Å². The first kappa shape index (κ1) is 23.8. The van der Waals surface area contributed by atoms with Crippen LogP contribution in [0.4, 0.5) is 5.82 Å². The molecule has 0 spiro atoms. The predicted octanol–water partition coefficient (Wildman–Crippen LogP) is 5.63. The zero-order valence-electron chi connectivity index (χ0n) is 18.7. The van der Waals surface area contributed by atoms with Crippen LogP contribution in [0, 0.1) is 0 Å². The summed E-state index contributed by atoms with van der Waals surface area (Å²) in [6.07, 6.45) is 0. The third kappa shape index (κ3) is 5.04. The van der Waals surface area contributed by atoms with Gasteiger partial charge < -0.3 is 4.90 Å². The average Bonchev–Trinajstić information content (AvgIpc) is 2.90. The standard InChI is InChI=1S/C26H22Cl2N4O2S/c27-21-8-11-23(24(28)18-21)25-12-13-26(30-29-25)31-14-16-32(17-15-31)35(33,34)22-9-6-20(7-10-22)19-4-2-1-3-5-19/h1-13,18H,14-17H2. The van der Waals surface area contributed by atoms with Crippen LogP contribution < -0.4 is 4.90 Å². The van der Waals surface area contributed by atoms with Crippen molar-refractivity contribution in [2.45, 2.75) is 4.90 Å². The van der Waals surface area contributed by atoms with Crippen LogP contribution in [0.25, 0.3) is 22.4 Å². The summed E-state index contributed by atoms with van der Waals surface area (Å²) in [6.45, 7) is 1.79. The summed E-state index contributed by atoms with van der Waals surface area (Å²) >= 11 is 12.2. The maximum absolute atomic E-state index is 13.2. The molecule has 35 heavy (non-hydrogen) atoms. The lowest BCUT2D eigenvalue weighted by Crippen LogP contribution is -2.48. The van der Waals surface area contributed by atoms with Gasteiger partial charge in [0.2, 0.25) is 10.0 Å².